The van der Waals surface area contributed by atoms with Crippen molar-refractivity contribution in [1.29, 1.82) is 0 Å². The van der Waals surface area contributed by atoms with Crippen molar-refractivity contribution >= 4 is 77.7 Å². The van der Waals surface area contributed by atoms with Gasteiger partial charge in [0.2, 0.25) is 15.9 Å². The molecule has 2 aromatic carbocycles. The average Bonchev–Trinajstić information content (AvgIpc) is 3.11. The summed E-state index contributed by atoms with van der Waals surface area (Å²) in [4.78, 5) is 36.3. The van der Waals surface area contributed by atoms with E-state index in [9.17, 15) is 31.2 Å². The number of urea groups is 1. The lowest BCUT2D eigenvalue weighted by atomic mass is 10.2. The molecule has 0 saturated heterocycles. The molecule has 0 saturated carbocycles. The summed E-state index contributed by atoms with van der Waals surface area (Å²) in [6, 6.07) is 8.02. The second-order valence-electron chi connectivity index (χ2n) is 8.34. The fourth-order valence-corrected chi connectivity index (χ4v) is 5.28. The van der Waals surface area contributed by atoms with Gasteiger partial charge in [0.1, 0.15) is 5.69 Å². The number of nitrogens with zero attached hydrogens (tertiary/aromatic N) is 1. The van der Waals surface area contributed by atoms with Crippen LogP contribution in [0.3, 0.4) is 0 Å². The third kappa shape index (κ3) is 7.16. The van der Waals surface area contributed by atoms with E-state index in [1.807, 2.05) is 0 Å². The summed E-state index contributed by atoms with van der Waals surface area (Å²) < 4.78 is 52.4. The van der Waals surface area contributed by atoms with Crippen LogP contribution in [0, 0.1) is 0 Å². The van der Waals surface area contributed by atoms with Crippen molar-refractivity contribution < 1.29 is 31.2 Å². The van der Waals surface area contributed by atoms with Gasteiger partial charge >= 0.3 is 6.03 Å². The average molecular weight is 604 g/mol. The van der Waals surface area contributed by atoms with Crippen molar-refractivity contribution in [2.45, 2.75) is 24.3 Å². The molecular formula is C22H23Cl2N5O7S2. The van der Waals surface area contributed by atoms with Gasteiger partial charge in [-0.1, -0.05) is 23.2 Å². The Morgan fingerprint density at radius 3 is 2.21 bits per heavy atom. The summed E-state index contributed by atoms with van der Waals surface area (Å²) in [7, 11) is -6.37. The number of sulfonamides is 2. The number of rotatable bonds is 8. The highest BCUT2D eigenvalue weighted by atomic mass is 35.5. The first-order valence-electron chi connectivity index (χ1n) is 10.8. The van der Waals surface area contributed by atoms with Gasteiger partial charge in [0, 0.05) is 36.1 Å². The number of hydrogen-bond acceptors (Lipinski definition) is 7. The van der Waals surface area contributed by atoms with Crippen LogP contribution in [0.4, 0.5) is 10.5 Å². The van der Waals surface area contributed by atoms with Crippen LogP contribution in [0.15, 0.2) is 47.4 Å². The lowest BCUT2D eigenvalue weighted by molar-refractivity contribution is -0.119. The van der Waals surface area contributed by atoms with E-state index in [2.05, 4.69) is 10.6 Å². The Kier molecular flexibility index (Phi) is 8.61. The number of nitrogens with one attached hydrogen (secondary N) is 4. The summed E-state index contributed by atoms with van der Waals surface area (Å²) in [5, 5.41) is 6.17. The molecule has 0 fully saturated rings. The largest absolute Gasteiger partial charge is 0.340 e. The number of aryl methyl sites for hydroxylation is 1. The first-order valence-corrected chi connectivity index (χ1v) is 14.9. The predicted octanol–water partition coefficient (Wildman–Crippen LogP) is 2.58. The van der Waals surface area contributed by atoms with Crippen LogP contribution < -0.4 is 20.1 Å². The molecule has 0 aliphatic rings. The number of anilines is 1. The van der Waals surface area contributed by atoms with E-state index >= 15 is 0 Å². The Morgan fingerprint density at radius 1 is 0.974 bits per heavy atom. The van der Waals surface area contributed by atoms with E-state index < -0.39 is 50.4 Å². The Balaban J connectivity index is 1.64. The van der Waals surface area contributed by atoms with Crippen LogP contribution in [0.1, 0.15) is 23.8 Å². The molecule has 0 aliphatic carbocycles. The zero-order valence-corrected chi connectivity index (χ0v) is 23.3. The van der Waals surface area contributed by atoms with Crippen molar-refractivity contribution in [2.75, 3.05) is 11.6 Å². The lowest BCUT2D eigenvalue weighted by Crippen LogP contribution is -2.45. The Bertz CT molecular complexity index is 1640. The zero-order valence-electron chi connectivity index (χ0n) is 20.2. The number of benzene rings is 2. The molecule has 0 bridgehead atoms. The molecule has 0 radical (unpaired) electrons. The topological polar surface area (TPSA) is 173 Å². The van der Waals surface area contributed by atoms with Crippen LogP contribution in [-0.2, 0) is 31.9 Å². The van der Waals surface area contributed by atoms with E-state index in [0.717, 1.165) is 6.26 Å². The fourth-order valence-electron chi connectivity index (χ4n) is 3.49. The van der Waals surface area contributed by atoms with Crippen molar-refractivity contribution in [3.63, 3.8) is 0 Å². The first kappa shape index (κ1) is 29.2. The number of carbonyl (C=O) groups excluding carboxylic acids is 3. The van der Waals surface area contributed by atoms with Gasteiger partial charge in [-0.3, -0.25) is 14.3 Å². The normalized spacial score (nSPS) is 12.6. The van der Waals surface area contributed by atoms with E-state index in [1.54, 1.807) is 39.3 Å². The minimum Gasteiger partial charge on any atom is -0.340 e. The second-order valence-corrected chi connectivity index (χ2v) is 12.6. The number of fused-ring (bicyclic) bond motifs is 1. The number of hydrogen-bond donors (Lipinski definition) is 4. The molecule has 1 atom stereocenters. The molecule has 0 spiro atoms. The standard InChI is InChI=1S/C22H23Cl2N5O7S2/c1-12(10-19(30)27-37(3,33)34)25-22(32)28-38(35,36)14-6-4-13(5-7-14)26-21(31)18-11-15-17(29(18)2)9-8-16(23)20(15)24/h4-9,11-12H,10H2,1-3H3,(H,26,31)(H,27,30)(H2,25,28,32). The SMILES string of the molecule is CC(CC(=O)NS(C)(=O)=O)NC(=O)NS(=O)(=O)c1ccc(NC(=O)c2cc3c(Cl)c(Cl)ccc3n2C)cc1. The summed E-state index contributed by atoms with van der Waals surface area (Å²) in [5.74, 6) is -1.34. The lowest BCUT2D eigenvalue weighted by Gasteiger charge is -2.14. The smallest absolute Gasteiger partial charge is 0.328 e. The van der Waals surface area contributed by atoms with E-state index in [1.165, 1.54) is 31.2 Å². The molecule has 204 valence electrons. The maximum atomic E-state index is 12.8. The molecule has 1 aromatic heterocycles. The molecule has 3 rings (SSSR count). The van der Waals surface area contributed by atoms with Gasteiger partial charge in [0.05, 0.1) is 21.2 Å². The van der Waals surface area contributed by atoms with Gasteiger partial charge in [-0.15, -0.1) is 0 Å². The number of carbonyl (C=O) groups is 3. The van der Waals surface area contributed by atoms with Crippen LogP contribution in [0.5, 0.6) is 0 Å². The van der Waals surface area contributed by atoms with E-state index in [-0.39, 0.29) is 4.90 Å². The van der Waals surface area contributed by atoms with Gasteiger partial charge < -0.3 is 15.2 Å². The minimum absolute atomic E-state index is 0.265. The van der Waals surface area contributed by atoms with E-state index in [4.69, 9.17) is 23.2 Å². The maximum Gasteiger partial charge on any atom is 0.328 e. The van der Waals surface area contributed by atoms with E-state index in [0.29, 0.717) is 32.3 Å². The van der Waals surface area contributed by atoms with Gasteiger partial charge in [-0.05, 0) is 49.4 Å². The minimum atomic E-state index is -4.30. The molecule has 1 unspecified atom stereocenters. The van der Waals surface area contributed by atoms with Crippen molar-refractivity contribution in [1.82, 2.24) is 19.3 Å². The Morgan fingerprint density at radius 2 is 1.61 bits per heavy atom. The summed E-state index contributed by atoms with van der Waals surface area (Å²) in [6.45, 7) is 1.39. The van der Waals surface area contributed by atoms with Crippen LogP contribution in [-0.4, -0.2) is 51.5 Å². The Hall–Kier alpha value is -3.33. The van der Waals surface area contributed by atoms with Gasteiger partial charge in [-0.2, -0.15) is 0 Å². The molecule has 3 aromatic rings. The van der Waals surface area contributed by atoms with Crippen LogP contribution in [0.2, 0.25) is 10.0 Å². The molecule has 1 heterocycles. The molecule has 16 heteroatoms. The molecule has 38 heavy (non-hydrogen) atoms. The maximum absolute atomic E-state index is 12.8. The third-order valence-electron chi connectivity index (χ3n) is 5.16. The first-order chi connectivity index (χ1) is 17.6. The predicted molar refractivity (Wildman–Crippen MR) is 143 cm³/mol. The van der Waals surface area contributed by atoms with Crippen LogP contribution >= 0.6 is 23.2 Å². The Labute approximate surface area is 228 Å². The van der Waals surface area contributed by atoms with Crippen molar-refractivity contribution in [3.8, 4) is 0 Å². The molecule has 0 aliphatic heterocycles. The second kappa shape index (κ2) is 11.2. The number of aromatic nitrogens is 1. The number of amides is 4. The van der Waals surface area contributed by atoms with Crippen LogP contribution in [0.25, 0.3) is 10.9 Å². The highest BCUT2D eigenvalue weighted by Crippen LogP contribution is 2.32. The quantitative estimate of drug-likeness (QED) is 0.306. The molecule has 12 nitrogen and oxygen atoms in total. The summed E-state index contributed by atoms with van der Waals surface area (Å²) in [5.41, 5.74) is 1.28. The zero-order chi connectivity index (χ0) is 28.4. The van der Waals surface area contributed by atoms with Gasteiger partial charge in [0.15, 0.2) is 0 Å². The summed E-state index contributed by atoms with van der Waals surface area (Å²) >= 11 is 12.3. The van der Waals surface area contributed by atoms with Gasteiger partial charge in [-0.25, -0.2) is 26.4 Å². The third-order valence-corrected chi connectivity index (χ3v) is 7.93. The molecular weight excluding hydrogens is 581 g/mol. The monoisotopic (exact) mass is 603 g/mol. The fraction of sp³-hybridized carbons (Fsp3) is 0.227. The van der Waals surface area contributed by atoms with Gasteiger partial charge in [0.25, 0.3) is 15.9 Å². The molecule has 4 amide bonds. The summed E-state index contributed by atoms with van der Waals surface area (Å²) in [6.07, 6.45) is 0.403. The van der Waals surface area contributed by atoms with Crippen molar-refractivity contribution in [2.24, 2.45) is 7.05 Å². The number of halogens is 2. The van der Waals surface area contributed by atoms with Crippen molar-refractivity contribution in [3.05, 3.63) is 58.2 Å². The molecule has 4 N–H and O–H groups in total. The highest BCUT2D eigenvalue weighted by Gasteiger charge is 2.21. The highest BCUT2D eigenvalue weighted by molar-refractivity contribution is 7.90.